The van der Waals surface area contributed by atoms with Gasteiger partial charge in [-0.1, -0.05) is 11.6 Å². The summed E-state index contributed by atoms with van der Waals surface area (Å²) in [5.41, 5.74) is -0.433. The summed E-state index contributed by atoms with van der Waals surface area (Å²) in [5.74, 6) is -0.510. The van der Waals surface area contributed by atoms with Crippen molar-refractivity contribution < 1.29 is 23.8 Å². The summed E-state index contributed by atoms with van der Waals surface area (Å²) in [6.45, 7) is 6.04. The van der Waals surface area contributed by atoms with Gasteiger partial charge in [0.15, 0.2) is 0 Å². The number of morpholine rings is 1. The van der Waals surface area contributed by atoms with Gasteiger partial charge in [-0.25, -0.2) is 9.18 Å². The van der Waals surface area contributed by atoms with Crippen LogP contribution < -0.4 is 0 Å². The number of hydrogen-bond donors (Lipinski definition) is 1. The van der Waals surface area contributed by atoms with Crippen LogP contribution in [0.5, 0.6) is 0 Å². The molecule has 1 aromatic rings. The molecule has 0 saturated carbocycles. The maximum Gasteiger partial charge on any atom is 0.410 e. The maximum absolute atomic E-state index is 13.4. The highest BCUT2D eigenvalue weighted by molar-refractivity contribution is 6.31. The summed E-state index contributed by atoms with van der Waals surface area (Å²) in [7, 11) is 0. The Morgan fingerprint density at radius 3 is 2.87 bits per heavy atom. The van der Waals surface area contributed by atoms with E-state index in [1.807, 2.05) is 0 Å². The average Bonchev–Trinajstić information content (AvgIpc) is 2.47. The Labute approximate surface area is 139 Å². The predicted molar refractivity (Wildman–Crippen MR) is 83.9 cm³/mol. The number of carbonyl (C=O) groups excluding carboxylic acids is 1. The molecule has 5 nitrogen and oxygen atoms in total. The monoisotopic (exact) mass is 345 g/mol. The summed E-state index contributed by atoms with van der Waals surface area (Å²) in [5, 5.41) is 10.8. The van der Waals surface area contributed by atoms with Crippen LogP contribution >= 0.6 is 11.6 Å². The Morgan fingerprint density at radius 2 is 2.22 bits per heavy atom. The minimum atomic E-state index is -1.17. The molecule has 0 bridgehead atoms. The van der Waals surface area contributed by atoms with Crippen molar-refractivity contribution in [2.45, 2.75) is 38.5 Å². The lowest BCUT2D eigenvalue weighted by Gasteiger charge is -2.39. The molecule has 1 N–H and O–H groups in total. The molecule has 0 radical (unpaired) electrons. The largest absolute Gasteiger partial charge is 0.444 e. The van der Waals surface area contributed by atoms with Crippen LogP contribution in [-0.4, -0.2) is 47.5 Å². The van der Waals surface area contributed by atoms with Crippen LogP contribution in [0.3, 0.4) is 0 Å². The van der Waals surface area contributed by atoms with Gasteiger partial charge in [-0.05, 0) is 39.0 Å². The number of halogens is 2. The highest BCUT2D eigenvalue weighted by Crippen LogP contribution is 2.30. The Morgan fingerprint density at radius 1 is 1.52 bits per heavy atom. The second kappa shape index (κ2) is 7.03. The topological polar surface area (TPSA) is 59.0 Å². The number of rotatable bonds is 2. The smallest absolute Gasteiger partial charge is 0.410 e. The van der Waals surface area contributed by atoms with Crippen LogP contribution in [0.1, 0.15) is 32.4 Å². The number of nitrogens with zero attached hydrogens (tertiary/aromatic N) is 1. The molecule has 1 aliphatic rings. The minimum Gasteiger partial charge on any atom is -0.444 e. The first kappa shape index (κ1) is 18.0. The summed E-state index contributed by atoms with van der Waals surface area (Å²) in [4.78, 5) is 13.7. The Bertz CT molecular complexity index is 576. The van der Waals surface area contributed by atoms with Gasteiger partial charge in [0.2, 0.25) is 0 Å². The third-order valence-electron chi connectivity index (χ3n) is 3.43. The fraction of sp³-hybridized carbons (Fsp3) is 0.562. The first-order valence-corrected chi connectivity index (χ1v) is 7.77. The number of aliphatic hydroxyl groups excluding tert-OH is 1. The van der Waals surface area contributed by atoms with Crippen LogP contribution in [0.2, 0.25) is 5.02 Å². The summed E-state index contributed by atoms with van der Waals surface area (Å²) in [6, 6.07) is 3.05. The summed E-state index contributed by atoms with van der Waals surface area (Å²) < 4.78 is 24.2. The van der Waals surface area contributed by atoms with Crippen molar-refractivity contribution >= 4 is 17.7 Å². The van der Waals surface area contributed by atoms with Gasteiger partial charge >= 0.3 is 6.09 Å². The molecule has 1 heterocycles. The maximum atomic E-state index is 13.4. The van der Waals surface area contributed by atoms with Gasteiger partial charge in [0.05, 0.1) is 19.3 Å². The molecule has 1 aromatic carbocycles. The van der Waals surface area contributed by atoms with Crippen molar-refractivity contribution in [2.24, 2.45) is 0 Å². The Kier molecular flexibility index (Phi) is 5.49. The Hall–Kier alpha value is -1.37. The van der Waals surface area contributed by atoms with E-state index in [-0.39, 0.29) is 23.7 Å². The third kappa shape index (κ3) is 4.56. The number of carbonyl (C=O) groups is 1. The van der Waals surface area contributed by atoms with Crippen LogP contribution in [0.15, 0.2) is 18.2 Å². The number of benzene rings is 1. The van der Waals surface area contributed by atoms with Crippen LogP contribution in [-0.2, 0) is 9.47 Å². The highest BCUT2D eigenvalue weighted by atomic mass is 35.5. The number of hydrogen-bond acceptors (Lipinski definition) is 4. The molecule has 1 amide bonds. The molecule has 2 rings (SSSR count). The van der Waals surface area contributed by atoms with Crippen molar-refractivity contribution in [2.75, 3.05) is 19.8 Å². The molecule has 7 heteroatoms. The second-order valence-electron chi connectivity index (χ2n) is 6.43. The molecular weight excluding hydrogens is 325 g/mol. The first-order chi connectivity index (χ1) is 10.7. The van der Waals surface area contributed by atoms with Crippen molar-refractivity contribution in [3.05, 3.63) is 34.6 Å². The molecule has 1 aliphatic heterocycles. The van der Waals surface area contributed by atoms with Crippen molar-refractivity contribution in [3.63, 3.8) is 0 Å². The molecule has 1 fully saturated rings. The van der Waals surface area contributed by atoms with E-state index in [9.17, 15) is 14.3 Å². The lowest BCUT2D eigenvalue weighted by atomic mass is 10.0. The molecule has 2 atom stereocenters. The van der Waals surface area contributed by atoms with Crippen LogP contribution in [0, 0.1) is 5.82 Å². The van der Waals surface area contributed by atoms with E-state index in [2.05, 4.69) is 0 Å². The molecule has 128 valence electrons. The lowest BCUT2D eigenvalue weighted by Crippen LogP contribution is -2.52. The van der Waals surface area contributed by atoms with Crippen molar-refractivity contribution in [1.29, 1.82) is 0 Å². The number of amides is 1. The number of aliphatic hydroxyl groups is 1. The molecule has 0 spiro atoms. The van der Waals surface area contributed by atoms with Gasteiger partial charge in [0.25, 0.3) is 0 Å². The lowest BCUT2D eigenvalue weighted by molar-refractivity contribution is -0.0673. The zero-order valence-corrected chi connectivity index (χ0v) is 14.1. The quantitative estimate of drug-likeness (QED) is 0.894. The van der Waals surface area contributed by atoms with E-state index in [1.54, 1.807) is 20.8 Å². The second-order valence-corrected chi connectivity index (χ2v) is 6.83. The zero-order chi connectivity index (χ0) is 17.2. The molecule has 2 unspecified atom stereocenters. The van der Waals surface area contributed by atoms with Gasteiger partial charge in [-0.3, -0.25) is 4.90 Å². The first-order valence-electron chi connectivity index (χ1n) is 7.39. The average molecular weight is 346 g/mol. The van der Waals surface area contributed by atoms with Gasteiger partial charge in [-0.2, -0.15) is 0 Å². The SMILES string of the molecule is CC(C)(C)OC(=O)N1CCOCC1C(O)c1cc(F)ccc1Cl. The fourth-order valence-electron chi connectivity index (χ4n) is 2.38. The van der Waals surface area contributed by atoms with Gasteiger partial charge in [-0.15, -0.1) is 0 Å². The fourth-order valence-corrected chi connectivity index (χ4v) is 2.61. The van der Waals surface area contributed by atoms with Crippen molar-refractivity contribution in [1.82, 2.24) is 4.90 Å². The molecule has 0 aromatic heterocycles. The molecule has 23 heavy (non-hydrogen) atoms. The summed E-state index contributed by atoms with van der Waals surface area (Å²) in [6.07, 6.45) is -1.72. The molecule has 0 aliphatic carbocycles. The minimum absolute atomic E-state index is 0.118. The normalized spacial score (nSPS) is 20.3. The van der Waals surface area contributed by atoms with Crippen LogP contribution in [0.4, 0.5) is 9.18 Å². The zero-order valence-electron chi connectivity index (χ0n) is 13.4. The third-order valence-corrected chi connectivity index (χ3v) is 3.78. The molecular formula is C16H21ClFNO4. The van der Waals surface area contributed by atoms with E-state index >= 15 is 0 Å². The van der Waals surface area contributed by atoms with E-state index in [4.69, 9.17) is 21.1 Å². The van der Waals surface area contributed by atoms with Crippen LogP contribution in [0.25, 0.3) is 0 Å². The number of ether oxygens (including phenoxy) is 2. The van der Waals surface area contributed by atoms with Gasteiger partial charge in [0.1, 0.15) is 17.5 Å². The molecule has 1 saturated heterocycles. The van der Waals surface area contributed by atoms with E-state index < -0.39 is 29.7 Å². The standard InChI is InChI=1S/C16H21ClFNO4/c1-16(2,3)23-15(21)19-6-7-22-9-13(19)14(20)11-8-10(18)4-5-12(11)17/h4-5,8,13-14,20H,6-7,9H2,1-3H3. The summed E-state index contributed by atoms with van der Waals surface area (Å²) >= 11 is 6.04. The Balaban J connectivity index is 2.23. The predicted octanol–water partition coefficient (Wildman–Crippen LogP) is 3.15. The van der Waals surface area contributed by atoms with Gasteiger partial charge in [0, 0.05) is 17.1 Å². The highest BCUT2D eigenvalue weighted by Gasteiger charge is 2.36. The van der Waals surface area contributed by atoms with Gasteiger partial charge < -0.3 is 14.6 Å². The van der Waals surface area contributed by atoms with E-state index in [1.165, 1.54) is 17.0 Å². The van der Waals surface area contributed by atoms with E-state index in [0.29, 0.717) is 6.61 Å². The van der Waals surface area contributed by atoms with Crippen molar-refractivity contribution in [3.8, 4) is 0 Å². The van der Waals surface area contributed by atoms with E-state index in [0.717, 1.165) is 6.07 Å².